The SMILES string of the molecule is Cc1ccc2c(c1)cc(-c1ccc(C(C)(C)C)cc1)n2-c1cc(-c2ccccc2)cc2c[13cH]sc12. The van der Waals surface area contributed by atoms with E-state index in [1.54, 1.807) is 0 Å². The zero-order valence-electron chi connectivity index (χ0n) is 20.7. The first-order valence-corrected chi connectivity index (χ1v) is 13.1. The van der Waals surface area contributed by atoms with Crippen LogP contribution in [0.5, 0.6) is 0 Å². The molecular weight excluding hydrogens is 443 g/mol. The molecule has 6 aromatic rings. The van der Waals surface area contributed by atoms with Gasteiger partial charge in [0.15, 0.2) is 0 Å². The quantitative estimate of drug-likeness (QED) is 0.241. The van der Waals surface area contributed by atoms with Gasteiger partial charge in [0.05, 0.1) is 21.6 Å². The number of hydrogen-bond donors (Lipinski definition) is 0. The number of benzene rings is 4. The van der Waals surface area contributed by atoms with E-state index in [1.807, 2.05) is 11.3 Å². The normalized spacial score (nSPS) is 12.0. The van der Waals surface area contributed by atoms with Crippen LogP contribution in [-0.4, -0.2) is 4.57 Å². The minimum Gasteiger partial charge on any atom is -0.308 e. The first kappa shape index (κ1) is 21.9. The monoisotopic (exact) mass is 472 g/mol. The summed E-state index contributed by atoms with van der Waals surface area (Å²) >= 11 is 1.82. The maximum absolute atomic E-state index is 2.46. The van der Waals surface area contributed by atoms with Gasteiger partial charge in [0, 0.05) is 5.39 Å². The highest BCUT2D eigenvalue weighted by molar-refractivity contribution is 7.17. The highest BCUT2D eigenvalue weighted by Gasteiger charge is 2.18. The third-order valence-electron chi connectivity index (χ3n) is 6.88. The lowest BCUT2D eigenvalue weighted by Crippen LogP contribution is -2.10. The zero-order chi connectivity index (χ0) is 24.2. The Kier molecular flexibility index (Phi) is 5.16. The molecule has 0 aliphatic heterocycles. The summed E-state index contributed by atoms with van der Waals surface area (Å²) in [5.41, 5.74) is 10.2. The van der Waals surface area contributed by atoms with E-state index in [4.69, 9.17) is 0 Å². The predicted molar refractivity (Wildman–Crippen MR) is 153 cm³/mol. The Balaban J connectivity index is 1.65. The third-order valence-corrected chi connectivity index (χ3v) is 7.84. The van der Waals surface area contributed by atoms with Gasteiger partial charge in [0.25, 0.3) is 0 Å². The van der Waals surface area contributed by atoms with Crippen LogP contribution in [-0.2, 0) is 5.41 Å². The summed E-state index contributed by atoms with van der Waals surface area (Å²) in [4.78, 5) is 0. The van der Waals surface area contributed by atoms with Crippen molar-refractivity contribution in [1.29, 1.82) is 0 Å². The van der Waals surface area contributed by atoms with Crippen LogP contribution in [0.15, 0.2) is 102 Å². The molecule has 6 rings (SSSR count). The fraction of sp³-hybridized carbons (Fsp3) is 0.152. The van der Waals surface area contributed by atoms with Gasteiger partial charge in [-0.1, -0.05) is 87.0 Å². The number of nitrogens with zero attached hydrogens (tertiary/aromatic N) is 1. The van der Waals surface area contributed by atoms with Crippen molar-refractivity contribution < 1.29 is 0 Å². The van der Waals surface area contributed by atoms with Crippen molar-refractivity contribution in [3.63, 3.8) is 0 Å². The van der Waals surface area contributed by atoms with Gasteiger partial charge in [-0.2, -0.15) is 0 Å². The van der Waals surface area contributed by atoms with Crippen molar-refractivity contribution in [2.24, 2.45) is 0 Å². The van der Waals surface area contributed by atoms with Gasteiger partial charge < -0.3 is 4.57 Å². The molecule has 0 saturated heterocycles. The maximum Gasteiger partial charge on any atom is 0.0646 e. The third kappa shape index (κ3) is 3.88. The number of aryl methyl sites for hydroxylation is 1. The van der Waals surface area contributed by atoms with Crippen molar-refractivity contribution in [3.05, 3.63) is 114 Å². The molecule has 0 aliphatic rings. The first-order chi connectivity index (χ1) is 16.9. The summed E-state index contributed by atoms with van der Waals surface area (Å²) in [6.45, 7) is 8.97. The molecule has 0 aliphatic carbocycles. The zero-order valence-corrected chi connectivity index (χ0v) is 21.5. The topological polar surface area (TPSA) is 4.93 Å². The Morgan fingerprint density at radius 2 is 1.43 bits per heavy atom. The molecule has 35 heavy (non-hydrogen) atoms. The smallest absolute Gasteiger partial charge is 0.0646 e. The molecule has 1 nitrogen and oxygen atoms in total. The molecule has 0 atom stereocenters. The molecule has 0 saturated carbocycles. The van der Waals surface area contributed by atoms with Gasteiger partial charge in [-0.05, 0) is 81.8 Å². The molecule has 2 aromatic heterocycles. The summed E-state index contributed by atoms with van der Waals surface area (Å²) in [7, 11) is 0. The average molecular weight is 473 g/mol. The van der Waals surface area contributed by atoms with E-state index in [1.165, 1.54) is 60.2 Å². The van der Waals surface area contributed by atoms with E-state index in [9.17, 15) is 0 Å². The molecule has 0 fully saturated rings. The standard InChI is InChI=1S/C33H29NS/c1-22-10-15-29-27(18-22)21-30(24-11-13-28(14-12-24)33(2,3)4)34(29)31-20-26(23-8-6-5-7-9-23)19-25-16-17-35-32(25)31/h5-21H,1-4H3/i17+1. The molecule has 0 bridgehead atoms. The van der Waals surface area contributed by atoms with Gasteiger partial charge >= 0.3 is 0 Å². The summed E-state index contributed by atoms with van der Waals surface area (Å²) in [6.07, 6.45) is 0. The van der Waals surface area contributed by atoms with Gasteiger partial charge in [0.1, 0.15) is 0 Å². The molecule has 0 radical (unpaired) electrons. The van der Waals surface area contributed by atoms with Crippen molar-refractivity contribution >= 4 is 32.3 Å². The summed E-state index contributed by atoms with van der Waals surface area (Å²) in [5.74, 6) is 0. The summed E-state index contributed by atoms with van der Waals surface area (Å²) in [5, 5.41) is 4.76. The maximum atomic E-state index is 2.46. The number of hydrogen-bond acceptors (Lipinski definition) is 1. The van der Waals surface area contributed by atoms with E-state index in [0.717, 1.165) is 0 Å². The van der Waals surface area contributed by atoms with E-state index in [2.05, 4.69) is 135 Å². The van der Waals surface area contributed by atoms with Crippen LogP contribution in [0.4, 0.5) is 0 Å². The lowest BCUT2D eigenvalue weighted by atomic mass is 9.86. The molecule has 2 heterocycles. The molecule has 4 aromatic carbocycles. The van der Waals surface area contributed by atoms with E-state index in [-0.39, 0.29) is 5.41 Å². The Labute approximate surface area is 211 Å². The predicted octanol–water partition coefficient (Wildman–Crippen LogP) is 9.79. The number of rotatable bonds is 3. The lowest BCUT2D eigenvalue weighted by Gasteiger charge is -2.20. The summed E-state index contributed by atoms with van der Waals surface area (Å²) < 4.78 is 3.78. The molecular formula is C33H29NS. The second kappa shape index (κ2) is 8.25. The van der Waals surface area contributed by atoms with Gasteiger partial charge in [0.2, 0.25) is 0 Å². The Hall–Kier alpha value is -3.62. The van der Waals surface area contributed by atoms with Gasteiger partial charge in [-0.3, -0.25) is 0 Å². The highest BCUT2D eigenvalue weighted by atomic mass is 32.1. The van der Waals surface area contributed by atoms with E-state index >= 15 is 0 Å². The van der Waals surface area contributed by atoms with Crippen LogP contribution in [0, 0.1) is 6.92 Å². The van der Waals surface area contributed by atoms with Crippen LogP contribution in [0.2, 0.25) is 0 Å². The molecule has 2 heteroatoms. The molecule has 0 amide bonds. The van der Waals surface area contributed by atoms with Crippen LogP contribution in [0.25, 0.3) is 49.1 Å². The number of aromatic nitrogens is 1. The Morgan fingerprint density at radius 3 is 2.17 bits per heavy atom. The van der Waals surface area contributed by atoms with E-state index in [0.29, 0.717) is 0 Å². The van der Waals surface area contributed by atoms with E-state index < -0.39 is 0 Å². The average Bonchev–Trinajstić information content (AvgIpc) is 3.48. The van der Waals surface area contributed by atoms with Crippen LogP contribution >= 0.6 is 11.3 Å². The molecule has 0 N–H and O–H groups in total. The highest BCUT2D eigenvalue weighted by Crippen LogP contribution is 2.39. The van der Waals surface area contributed by atoms with Crippen molar-refractivity contribution in [3.8, 4) is 28.1 Å². The van der Waals surface area contributed by atoms with Gasteiger partial charge in [-0.15, -0.1) is 11.3 Å². The van der Waals surface area contributed by atoms with Gasteiger partial charge in [-0.25, -0.2) is 0 Å². The molecule has 0 unspecified atom stereocenters. The second-order valence-corrected chi connectivity index (χ2v) is 11.4. The molecule has 0 spiro atoms. The summed E-state index contributed by atoms with van der Waals surface area (Å²) in [6, 6.07) is 35.9. The van der Waals surface area contributed by atoms with Crippen LogP contribution in [0.3, 0.4) is 0 Å². The van der Waals surface area contributed by atoms with Crippen molar-refractivity contribution in [2.75, 3.05) is 0 Å². The lowest BCUT2D eigenvalue weighted by molar-refractivity contribution is 0.590. The minimum absolute atomic E-state index is 0.134. The van der Waals surface area contributed by atoms with Crippen LogP contribution < -0.4 is 0 Å². The number of fused-ring (bicyclic) bond motifs is 2. The Morgan fingerprint density at radius 1 is 0.657 bits per heavy atom. The van der Waals surface area contributed by atoms with Crippen LogP contribution in [0.1, 0.15) is 31.9 Å². The molecule has 172 valence electrons. The van der Waals surface area contributed by atoms with Crippen molar-refractivity contribution in [1.82, 2.24) is 4.57 Å². The fourth-order valence-corrected chi connectivity index (χ4v) is 5.86. The second-order valence-electron chi connectivity index (χ2n) is 10.5. The Bertz CT molecular complexity index is 1660. The number of thiophene rings is 1. The largest absolute Gasteiger partial charge is 0.308 e. The van der Waals surface area contributed by atoms with Crippen molar-refractivity contribution in [2.45, 2.75) is 33.1 Å². The first-order valence-electron chi connectivity index (χ1n) is 12.2. The fourth-order valence-electron chi connectivity index (χ4n) is 4.97. The minimum atomic E-state index is 0.134.